The maximum atomic E-state index is 13.4. The van der Waals surface area contributed by atoms with Crippen molar-refractivity contribution in [3.8, 4) is 29.1 Å². The van der Waals surface area contributed by atoms with Crippen molar-refractivity contribution >= 4 is 57.3 Å². The Morgan fingerprint density at radius 2 is 1.56 bits per heavy atom. The van der Waals surface area contributed by atoms with Gasteiger partial charge in [0.1, 0.15) is 23.0 Å². The lowest BCUT2D eigenvalue weighted by atomic mass is 9.82. The van der Waals surface area contributed by atoms with E-state index in [4.69, 9.17) is 23.7 Å². The third kappa shape index (κ3) is 12.2. The van der Waals surface area contributed by atoms with Gasteiger partial charge in [-0.1, -0.05) is 30.0 Å². The van der Waals surface area contributed by atoms with Gasteiger partial charge in [-0.05, 0) is 106 Å². The molecular weight excluding hydrogens is 725 g/mol. The summed E-state index contributed by atoms with van der Waals surface area (Å²) in [6.45, 7) is 4.87. The van der Waals surface area contributed by atoms with Gasteiger partial charge in [-0.3, -0.25) is 14.4 Å². The van der Waals surface area contributed by atoms with Crippen LogP contribution in [0.25, 0.3) is 10.2 Å². The summed E-state index contributed by atoms with van der Waals surface area (Å²) in [6.07, 6.45) is 8.16. The SMILES string of the molecule is C=CC(=O)OCCCCCCOc1ccc(OC(=O)[C@H]2CC[C@H](C(=O)Oc3ccc(OC=O)cc3/C=N/N(CCC#N)c3nc4ccccc4s3)CC2)cc1. The van der Waals surface area contributed by atoms with Gasteiger partial charge in [0.25, 0.3) is 6.47 Å². The molecular formula is C41H42N4O9S. The van der Waals surface area contributed by atoms with E-state index < -0.39 is 17.9 Å². The van der Waals surface area contributed by atoms with Gasteiger partial charge >= 0.3 is 17.9 Å². The highest BCUT2D eigenvalue weighted by molar-refractivity contribution is 7.22. The lowest BCUT2D eigenvalue weighted by molar-refractivity contribution is -0.145. The van der Waals surface area contributed by atoms with Gasteiger partial charge in [0.15, 0.2) is 0 Å². The number of benzene rings is 3. The Morgan fingerprint density at radius 3 is 2.25 bits per heavy atom. The number of hydrazone groups is 1. The molecule has 1 heterocycles. The molecule has 55 heavy (non-hydrogen) atoms. The Kier molecular flexibility index (Phi) is 15.3. The quantitative estimate of drug-likeness (QED) is 0.0165. The fraction of sp³-hybridized carbons (Fsp3) is 0.341. The van der Waals surface area contributed by atoms with Crippen LogP contribution in [0.5, 0.6) is 23.0 Å². The smallest absolute Gasteiger partial charge is 0.330 e. The minimum atomic E-state index is -0.442. The van der Waals surface area contributed by atoms with E-state index in [1.54, 1.807) is 29.3 Å². The predicted molar refractivity (Wildman–Crippen MR) is 206 cm³/mol. The zero-order valence-electron chi connectivity index (χ0n) is 30.3. The van der Waals surface area contributed by atoms with E-state index in [-0.39, 0.29) is 36.4 Å². The Morgan fingerprint density at radius 1 is 0.891 bits per heavy atom. The van der Waals surface area contributed by atoms with Gasteiger partial charge in [-0.25, -0.2) is 14.8 Å². The zero-order chi connectivity index (χ0) is 38.8. The third-order valence-electron chi connectivity index (χ3n) is 8.81. The Bertz CT molecular complexity index is 1970. The second-order valence-electron chi connectivity index (χ2n) is 12.7. The van der Waals surface area contributed by atoms with Crippen molar-refractivity contribution in [2.24, 2.45) is 16.9 Å². The summed E-state index contributed by atoms with van der Waals surface area (Å²) in [6, 6.07) is 21.3. The molecule has 5 rings (SSSR count). The van der Waals surface area contributed by atoms with Crippen LogP contribution >= 0.6 is 11.3 Å². The van der Waals surface area contributed by atoms with Gasteiger partial charge in [-0.15, -0.1) is 0 Å². The fourth-order valence-electron chi connectivity index (χ4n) is 5.85. The molecule has 1 saturated carbocycles. The molecule has 1 aliphatic rings. The number of nitriles is 1. The second-order valence-corrected chi connectivity index (χ2v) is 13.7. The molecule has 1 aromatic heterocycles. The van der Waals surface area contributed by atoms with Crippen molar-refractivity contribution in [2.75, 3.05) is 24.8 Å². The minimum Gasteiger partial charge on any atom is -0.494 e. The molecule has 0 bridgehead atoms. The second kappa shape index (κ2) is 21.0. The molecule has 3 aromatic carbocycles. The summed E-state index contributed by atoms with van der Waals surface area (Å²) in [7, 11) is 0. The molecule has 0 unspecified atom stereocenters. The summed E-state index contributed by atoms with van der Waals surface area (Å²) in [5.74, 6) is -0.453. The van der Waals surface area contributed by atoms with Crippen LogP contribution < -0.4 is 24.0 Å². The Labute approximate surface area is 323 Å². The van der Waals surface area contributed by atoms with Gasteiger partial charge in [-0.2, -0.15) is 10.4 Å². The van der Waals surface area contributed by atoms with E-state index in [9.17, 15) is 24.4 Å². The van der Waals surface area contributed by atoms with Gasteiger partial charge < -0.3 is 23.7 Å². The van der Waals surface area contributed by atoms with Crippen LogP contribution in [0.1, 0.15) is 63.4 Å². The zero-order valence-corrected chi connectivity index (χ0v) is 31.1. The number of hydrogen-bond donors (Lipinski definition) is 0. The van der Waals surface area contributed by atoms with Crippen LogP contribution in [0.15, 0.2) is 84.5 Å². The minimum absolute atomic E-state index is 0.197. The maximum Gasteiger partial charge on any atom is 0.330 e. The number of fused-ring (bicyclic) bond motifs is 1. The monoisotopic (exact) mass is 766 g/mol. The highest BCUT2D eigenvalue weighted by Gasteiger charge is 2.32. The van der Waals surface area contributed by atoms with Crippen LogP contribution in [0.4, 0.5) is 5.13 Å². The van der Waals surface area contributed by atoms with Crippen LogP contribution in [0.3, 0.4) is 0 Å². The van der Waals surface area contributed by atoms with Crippen molar-refractivity contribution in [2.45, 2.75) is 57.8 Å². The first-order valence-corrected chi connectivity index (χ1v) is 18.9. The first kappa shape index (κ1) is 40.1. The normalized spacial score (nSPS) is 15.1. The first-order valence-electron chi connectivity index (χ1n) is 18.1. The molecule has 0 aliphatic heterocycles. The molecule has 1 fully saturated rings. The summed E-state index contributed by atoms with van der Waals surface area (Å²) in [5.41, 5.74) is 1.19. The van der Waals surface area contributed by atoms with Gasteiger partial charge in [0.2, 0.25) is 5.13 Å². The molecule has 4 aromatic rings. The van der Waals surface area contributed by atoms with Gasteiger partial charge in [0.05, 0.1) is 60.5 Å². The van der Waals surface area contributed by atoms with Crippen molar-refractivity contribution in [3.05, 3.63) is 84.9 Å². The molecule has 286 valence electrons. The molecule has 14 heteroatoms. The number of carbonyl (C=O) groups is 4. The number of anilines is 1. The highest BCUT2D eigenvalue weighted by atomic mass is 32.1. The summed E-state index contributed by atoms with van der Waals surface area (Å²) in [4.78, 5) is 53.1. The van der Waals surface area contributed by atoms with E-state index in [1.807, 2.05) is 24.3 Å². The summed E-state index contributed by atoms with van der Waals surface area (Å²) < 4.78 is 28.2. The van der Waals surface area contributed by atoms with Crippen LogP contribution in [0, 0.1) is 23.2 Å². The van der Waals surface area contributed by atoms with E-state index in [0.717, 1.165) is 42.0 Å². The van der Waals surface area contributed by atoms with Crippen molar-refractivity contribution in [1.29, 1.82) is 5.26 Å². The topological polar surface area (TPSA) is 167 Å². The molecule has 0 amide bonds. The molecule has 1 aliphatic carbocycles. The molecule has 0 atom stereocenters. The van der Waals surface area contributed by atoms with Crippen molar-refractivity contribution in [3.63, 3.8) is 0 Å². The third-order valence-corrected chi connectivity index (χ3v) is 9.86. The summed E-state index contributed by atoms with van der Waals surface area (Å²) >= 11 is 1.43. The molecule has 0 spiro atoms. The average molecular weight is 767 g/mol. The molecule has 0 radical (unpaired) electrons. The lowest BCUT2D eigenvalue weighted by Gasteiger charge is -2.26. The number of ether oxygens (including phenoxy) is 5. The number of hydrogen-bond acceptors (Lipinski definition) is 14. The largest absolute Gasteiger partial charge is 0.494 e. The predicted octanol–water partition coefficient (Wildman–Crippen LogP) is 7.57. The van der Waals surface area contributed by atoms with Crippen molar-refractivity contribution < 1.29 is 42.9 Å². The summed E-state index contributed by atoms with van der Waals surface area (Å²) in [5, 5.41) is 16.0. The molecule has 0 saturated heterocycles. The average Bonchev–Trinajstić information content (AvgIpc) is 3.64. The van der Waals surface area contributed by atoms with E-state index >= 15 is 0 Å². The van der Waals surface area contributed by atoms with E-state index in [1.165, 1.54) is 35.8 Å². The number of aromatic nitrogens is 1. The van der Waals surface area contributed by atoms with E-state index in [2.05, 4.69) is 22.7 Å². The standard InChI is InChI=1S/C41H42N4O9S/c1-2-38(47)51-25-8-4-3-7-24-50-32-16-18-33(19-17-32)53-39(48)29-12-14-30(15-13-29)40(49)54-36-21-20-34(52-28-46)26-31(36)27-43-45(23-9-22-42)41-44-35-10-5-6-11-37(35)55-41/h2,5-6,10-11,16-21,26-30H,1,3-4,7-9,12-15,23-25H2/b43-27+/t29-,30-. The van der Waals surface area contributed by atoms with Crippen molar-refractivity contribution in [1.82, 2.24) is 4.98 Å². The Balaban J connectivity index is 1.10. The number of esters is 3. The van der Waals surface area contributed by atoms with Crippen LogP contribution in [-0.2, 0) is 23.9 Å². The van der Waals surface area contributed by atoms with Crippen LogP contribution in [-0.4, -0.2) is 55.3 Å². The number of carbonyl (C=O) groups excluding carboxylic acids is 4. The molecule has 0 N–H and O–H groups in total. The number of thiazole rings is 1. The Hall–Kier alpha value is -6.07. The number of unbranched alkanes of at least 4 members (excludes halogenated alkanes) is 3. The maximum absolute atomic E-state index is 13.4. The number of para-hydroxylation sites is 1. The molecule has 13 nitrogen and oxygen atoms in total. The number of rotatable bonds is 20. The number of nitrogens with zero attached hydrogens (tertiary/aromatic N) is 4. The van der Waals surface area contributed by atoms with E-state index in [0.29, 0.717) is 67.6 Å². The van der Waals surface area contributed by atoms with Gasteiger partial charge in [0, 0.05) is 11.6 Å². The highest BCUT2D eigenvalue weighted by Crippen LogP contribution is 2.33. The fourth-order valence-corrected chi connectivity index (χ4v) is 6.80. The first-order chi connectivity index (χ1) is 26.9. The lowest BCUT2D eigenvalue weighted by Crippen LogP contribution is -2.30. The van der Waals surface area contributed by atoms with Crippen LogP contribution in [0.2, 0.25) is 0 Å².